The molecule has 180 valence electrons. The molecule has 0 atom stereocenters. The highest BCUT2D eigenvalue weighted by Crippen LogP contribution is 2.19. The number of methoxy groups -OCH3 is 1. The van der Waals surface area contributed by atoms with Crippen molar-refractivity contribution in [2.24, 2.45) is 0 Å². The number of carbonyl (C=O) groups is 2. The molecule has 3 aromatic rings. The highest BCUT2D eigenvalue weighted by molar-refractivity contribution is 7.09. The van der Waals surface area contributed by atoms with Crippen LogP contribution in [0.2, 0.25) is 0 Å². The number of aryl methyl sites for hydroxylation is 1. The van der Waals surface area contributed by atoms with Crippen LogP contribution in [0.25, 0.3) is 0 Å². The van der Waals surface area contributed by atoms with Crippen molar-refractivity contribution in [2.45, 2.75) is 33.4 Å². The van der Waals surface area contributed by atoms with Gasteiger partial charge >= 0.3 is 6.03 Å². The SMILES string of the molecule is COCCCN(CC(=O)N(Cc1ccccc1)Cc1cccs1)C(=O)Nc1cccc(C)c1C. The van der Waals surface area contributed by atoms with Crippen molar-refractivity contribution in [1.29, 1.82) is 0 Å². The Morgan fingerprint density at radius 2 is 1.74 bits per heavy atom. The zero-order valence-corrected chi connectivity index (χ0v) is 20.9. The standard InChI is InChI=1S/C27H33N3O3S/c1-21-10-7-14-25(22(21)2)28-27(32)29(15-9-16-33-3)20-26(31)30(19-24-13-8-17-34-24)18-23-11-5-4-6-12-23/h4-8,10-14,17H,9,15-16,18-20H2,1-3H3,(H,28,32). The van der Waals surface area contributed by atoms with Gasteiger partial charge in [0.2, 0.25) is 5.91 Å². The molecule has 1 N–H and O–H groups in total. The van der Waals surface area contributed by atoms with Gasteiger partial charge in [-0.25, -0.2) is 4.79 Å². The van der Waals surface area contributed by atoms with Crippen molar-refractivity contribution >= 4 is 29.0 Å². The molecular formula is C27H33N3O3S. The normalized spacial score (nSPS) is 10.7. The molecule has 0 unspecified atom stereocenters. The van der Waals surface area contributed by atoms with E-state index < -0.39 is 0 Å². The molecule has 0 aliphatic carbocycles. The number of hydrogen-bond acceptors (Lipinski definition) is 4. The van der Waals surface area contributed by atoms with E-state index in [0.29, 0.717) is 32.7 Å². The highest BCUT2D eigenvalue weighted by atomic mass is 32.1. The first-order valence-electron chi connectivity index (χ1n) is 11.4. The molecule has 3 amide bonds. The second-order valence-electron chi connectivity index (χ2n) is 8.26. The summed E-state index contributed by atoms with van der Waals surface area (Å²) in [6.45, 7) is 5.93. The fraction of sp³-hybridized carbons (Fsp3) is 0.333. The molecular weight excluding hydrogens is 446 g/mol. The van der Waals surface area contributed by atoms with Gasteiger partial charge in [0, 0.05) is 37.4 Å². The van der Waals surface area contributed by atoms with Gasteiger partial charge in [-0.3, -0.25) is 4.79 Å². The molecule has 0 saturated carbocycles. The predicted molar refractivity (Wildman–Crippen MR) is 138 cm³/mol. The number of thiophene rings is 1. The van der Waals surface area contributed by atoms with E-state index in [1.165, 1.54) is 0 Å². The minimum atomic E-state index is -0.283. The lowest BCUT2D eigenvalue weighted by Gasteiger charge is -2.28. The summed E-state index contributed by atoms with van der Waals surface area (Å²) >= 11 is 1.62. The Kier molecular flexibility index (Phi) is 9.67. The number of nitrogens with zero attached hydrogens (tertiary/aromatic N) is 2. The zero-order valence-electron chi connectivity index (χ0n) is 20.1. The van der Waals surface area contributed by atoms with Crippen LogP contribution in [-0.2, 0) is 22.6 Å². The molecule has 7 heteroatoms. The maximum atomic E-state index is 13.5. The molecule has 2 aromatic carbocycles. The van der Waals surface area contributed by atoms with Crippen LogP contribution in [0.4, 0.5) is 10.5 Å². The Hall–Kier alpha value is -3.16. The molecule has 1 aromatic heterocycles. The summed E-state index contributed by atoms with van der Waals surface area (Å²) in [6, 6.07) is 19.5. The fourth-order valence-electron chi connectivity index (χ4n) is 3.62. The Bertz CT molecular complexity index is 1050. The largest absolute Gasteiger partial charge is 0.385 e. The Labute approximate surface area is 206 Å². The molecule has 0 spiro atoms. The summed E-state index contributed by atoms with van der Waals surface area (Å²) in [5, 5.41) is 5.00. The highest BCUT2D eigenvalue weighted by Gasteiger charge is 2.22. The molecule has 6 nitrogen and oxygen atoms in total. The van der Waals surface area contributed by atoms with E-state index >= 15 is 0 Å². The maximum Gasteiger partial charge on any atom is 0.322 e. The van der Waals surface area contributed by atoms with Crippen LogP contribution < -0.4 is 5.32 Å². The summed E-state index contributed by atoms with van der Waals surface area (Å²) in [4.78, 5) is 31.2. The Balaban J connectivity index is 1.76. The van der Waals surface area contributed by atoms with Gasteiger partial charge in [0.15, 0.2) is 0 Å². The lowest BCUT2D eigenvalue weighted by atomic mass is 10.1. The molecule has 0 bridgehead atoms. The monoisotopic (exact) mass is 479 g/mol. The summed E-state index contributed by atoms with van der Waals surface area (Å²) in [5.74, 6) is -0.0919. The summed E-state index contributed by atoms with van der Waals surface area (Å²) < 4.78 is 5.17. The Morgan fingerprint density at radius 3 is 2.44 bits per heavy atom. The number of nitrogens with one attached hydrogen (secondary N) is 1. The first-order valence-corrected chi connectivity index (χ1v) is 12.3. The molecule has 0 fully saturated rings. The average Bonchev–Trinajstić information content (AvgIpc) is 3.35. The third-order valence-corrected chi connectivity index (χ3v) is 6.59. The Morgan fingerprint density at radius 1 is 0.941 bits per heavy atom. The van der Waals surface area contributed by atoms with Crippen LogP contribution >= 0.6 is 11.3 Å². The van der Waals surface area contributed by atoms with Crippen LogP contribution in [0.15, 0.2) is 66.0 Å². The van der Waals surface area contributed by atoms with Gasteiger partial charge in [0.1, 0.15) is 6.54 Å². The fourth-order valence-corrected chi connectivity index (χ4v) is 4.34. The van der Waals surface area contributed by atoms with E-state index in [2.05, 4.69) is 5.32 Å². The molecule has 34 heavy (non-hydrogen) atoms. The van der Waals surface area contributed by atoms with Crippen molar-refractivity contribution in [1.82, 2.24) is 9.80 Å². The molecule has 3 rings (SSSR count). The molecule has 0 aliphatic rings. The number of hydrogen-bond donors (Lipinski definition) is 1. The maximum absolute atomic E-state index is 13.5. The van der Waals surface area contributed by atoms with Gasteiger partial charge in [-0.05, 0) is 54.5 Å². The van der Waals surface area contributed by atoms with E-state index in [9.17, 15) is 9.59 Å². The third kappa shape index (κ3) is 7.43. The molecule has 0 saturated heterocycles. The number of amides is 3. The van der Waals surface area contributed by atoms with Crippen LogP contribution in [-0.4, -0.2) is 48.5 Å². The number of rotatable bonds is 11. The van der Waals surface area contributed by atoms with Crippen molar-refractivity contribution in [3.8, 4) is 0 Å². The van der Waals surface area contributed by atoms with Crippen molar-refractivity contribution < 1.29 is 14.3 Å². The topological polar surface area (TPSA) is 61.9 Å². The molecule has 0 radical (unpaired) electrons. The van der Waals surface area contributed by atoms with Gasteiger partial charge in [-0.15, -0.1) is 11.3 Å². The lowest BCUT2D eigenvalue weighted by molar-refractivity contribution is -0.133. The number of anilines is 1. The first-order chi connectivity index (χ1) is 16.5. The van der Waals surface area contributed by atoms with Gasteiger partial charge in [-0.1, -0.05) is 48.5 Å². The number of ether oxygens (including phenoxy) is 1. The van der Waals surface area contributed by atoms with Gasteiger partial charge in [0.25, 0.3) is 0 Å². The molecule has 0 aliphatic heterocycles. The van der Waals surface area contributed by atoms with Crippen molar-refractivity contribution in [3.05, 3.63) is 87.6 Å². The molecule has 1 heterocycles. The van der Waals surface area contributed by atoms with E-state index in [0.717, 1.165) is 27.3 Å². The average molecular weight is 480 g/mol. The summed E-state index contributed by atoms with van der Waals surface area (Å²) in [5.41, 5.74) is 3.93. The zero-order chi connectivity index (χ0) is 24.3. The van der Waals surface area contributed by atoms with E-state index in [1.807, 2.05) is 84.8 Å². The number of carbonyl (C=O) groups excluding carboxylic acids is 2. The third-order valence-electron chi connectivity index (χ3n) is 5.73. The van der Waals surface area contributed by atoms with E-state index in [4.69, 9.17) is 4.74 Å². The second-order valence-corrected chi connectivity index (χ2v) is 9.29. The quantitative estimate of drug-likeness (QED) is 0.371. The number of benzene rings is 2. The van der Waals surface area contributed by atoms with Crippen LogP contribution in [0.5, 0.6) is 0 Å². The van der Waals surface area contributed by atoms with E-state index in [-0.39, 0.29) is 18.5 Å². The summed E-state index contributed by atoms with van der Waals surface area (Å²) in [7, 11) is 1.63. The first kappa shape index (κ1) is 25.5. The van der Waals surface area contributed by atoms with Gasteiger partial charge in [0.05, 0.1) is 6.54 Å². The van der Waals surface area contributed by atoms with Crippen LogP contribution in [0.3, 0.4) is 0 Å². The van der Waals surface area contributed by atoms with Crippen molar-refractivity contribution in [2.75, 3.05) is 32.1 Å². The van der Waals surface area contributed by atoms with Gasteiger partial charge < -0.3 is 19.9 Å². The van der Waals surface area contributed by atoms with Crippen LogP contribution in [0, 0.1) is 13.8 Å². The smallest absolute Gasteiger partial charge is 0.322 e. The predicted octanol–water partition coefficient (Wildman–Crippen LogP) is 5.46. The lowest BCUT2D eigenvalue weighted by Crippen LogP contribution is -2.44. The van der Waals surface area contributed by atoms with Crippen LogP contribution in [0.1, 0.15) is 28.0 Å². The number of urea groups is 1. The van der Waals surface area contributed by atoms with Crippen molar-refractivity contribution in [3.63, 3.8) is 0 Å². The minimum absolute atomic E-state index is 0.00137. The van der Waals surface area contributed by atoms with Gasteiger partial charge in [-0.2, -0.15) is 0 Å². The second kappa shape index (κ2) is 12.9. The summed E-state index contributed by atoms with van der Waals surface area (Å²) in [6.07, 6.45) is 0.646. The van der Waals surface area contributed by atoms with E-state index in [1.54, 1.807) is 23.3 Å². The minimum Gasteiger partial charge on any atom is -0.385 e.